The van der Waals surface area contributed by atoms with E-state index >= 15 is 0 Å². The second kappa shape index (κ2) is 3.80. The molecule has 2 aliphatic heterocycles. The molecule has 2 aliphatic rings. The smallest absolute Gasteiger partial charge is 0.256 e. The van der Waals surface area contributed by atoms with Crippen molar-refractivity contribution in [2.75, 3.05) is 0 Å². The third kappa shape index (κ3) is 1.52. The Balaban J connectivity index is 2.11. The minimum atomic E-state index is -0.418. The van der Waals surface area contributed by atoms with Crippen LogP contribution < -0.4 is 10.6 Å². The molecule has 5 nitrogen and oxygen atoms in total. The van der Waals surface area contributed by atoms with Crippen LogP contribution in [0.25, 0.3) is 5.70 Å². The van der Waals surface area contributed by atoms with Gasteiger partial charge in [0, 0.05) is 23.1 Å². The Labute approximate surface area is 103 Å². The molecule has 0 saturated carbocycles. The molecular formula is C13H10N2O3. The maximum atomic E-state index is 11.8. The van der Waals surface area contributed by atoms with Crippen LogP contribution in [0.4, 0.5) is 0 Å². The molecule has 0 atom stereocenters. The van der Waals surface area contributed by atoms with Gasteiger partial charge in [-0.25, -0.2) is 0 Å². The van der Waals surface area contributed by atoms with Gasteiger partial charge in [0.2, 0.25) is 5.91 Å². The van der Waals surface area contributed by atoms with Gasteiger partial charge >= 0.3 is 0 Å². The minimum absolute atomic E-state index is 0.210. The summed E-state index contributed by atoms with van der Waals surface area (Å²) >= 11 is 0. The number of piperidine rings is 1. The molecule has 3 rings (SSSR count). The fourth-order valence-corrected chi connectivity index (χ4v) is 2.24. The third-order valence-electron chi connectivity index (χ3n) is 3.11. The van der Waals surface area contributed by atoms with Crippen LogP contribution in [-0.4, -0.2) is 17.7 Å². The summed E-state index contributed by atoms with van der Waals surface area (Å²) in [6, 6.07) is 7.09. The summed E-state index contributed by atoms with van der Waals surface area (Å²) in [5, 5.41) is 4.97. The van der Waals surface area contributed by atoms with Crippen LogP contribution in [0.5, 0.6) is 0 Å². The number of fused-ring (bicyclic) bond motifs is 1. The number of nitrogens with one attached hydrogen (secondary N) is 2. The first-order chi connectivity index (χ1) is 8.66. The summed E-state index contributed by atoms with van der Waals surface area (Å²) in [5.41, 5.74) is 2.28. The van der Waals surface area contributed by atoms with Gasteiger partial charge in [0.25, 0.3) is 11.8 Å². The third-order valence-corrected chi connectivity index (χ3v) is 3.11. The summed E-state index contributed by atoms with van der Waals surface area (Å²) in [6.45, 7) is 0. The van der Waals surface area contributed by atoms with E-state index in [1.807, 2.05) is 6.07 Å². The lowest BCUT2D eigenvalue weighted by molar-refractivity contribution is -0.130. The zero-order valence-electron chi connectivity index (χ0n) is 9.45. The van der Waals surface area contributed by atoms with E-state index < -0.39 is 5.91 Å². The number of hydrogen-bond acceptors (Lipinski definition) is 3. The van der Waals surface area contributed by atoms with Gasteiger partial charge in [-0.1, -0.05) is 18.2 Å². The Kier molecular flexibility index (Phi) is 2.26. The average Bonchev–Trinajstić information content (AvgIpc) is 2.68. The Morgan fingerprint density at radius 1 is 0.833 bits per heavy atom. The van der Waals surface area contributed by atoms with Gasteiger partial charge in [-0.3, -0.25) is 19.7 Å². The molecular weight excluding hydrogens is 232 g/mol. The van der Waals surface area contributed by atoms with E-state index in [0.717, 1.165) is 5.56 Å². The quantitative estimate of drug-likeness (QED) is 0.516. The standard InChI is InChI=1S/C13H10N2O3/c16-10-6-5-9(13(18)14-10)11-7-3-1-2-4-8(7)12(17)15-11/h1-4H,5-6H2,(H,15,17)(H,14,16,18). The average molecular weight is 242 g/mol. The largest absolute Gasteiger partial charge is 0.321 e. The van der Waals surface area contributed by atoms with Crippen molar-refractivity contribution in [2.45, 2.75) is 12.8 Å². The molecule has 1 fully saturated rings. The maximum Gasteiger partial charge on any atom is 0.256 e. The molecule has 1 aromatic rings. The van der Waals surface area contributed by atoms with Crippen LogP contribution in [-0.2, 0) is 9.59 Å². The van der Waals surface area contributed by atoms with Gasteiger partial charge in [-0.15, -0.1) is 0 Å². The number of carbonyl (C=O) groups is 3. The number of benzene rings is 1. The van der Waals surface area contributed by atoms with E-state index in [9.17, 15) is 14.4 Å². The van der Waals surface area contributed by atoms with Gasteiger partial charge in [0.1, 0.15) is 0 Å². The van der Waals surface area contributed by atoms with Gasteiger partial charge in [-0.05, 0) is 12.5 Å². The molecule has 0 radical (unpaired) electrons. The second-order valence-electron chi connectivity index (χ2n) is 4.23. The van der Waals surface area contributed by atoms with Crippen LogP contribution in [0, 0.1) is 0 Å². The van der Waals surface area contributed by atoms with E-state index in [1.165, 1.54) is 0 Å². The van der Waals surface area contributed by atoms with Crippen molar-refractivity contribution in [3.8, 4) is 0 Å². The molecule has 0 aliphatic carbocycles. The zero-order valence-corrected chi connectivity index (χ0v) is 9.45. The van der Waals surface area contributed by atoms with E-state index in [1.54, 1.807) is 18.2 Å². The van der Waals surface area contributed by atoms with Crippen molar-refractivity contribution < 1.29 is 14.4 Å². The van der Waals surface area contributed by atoms with E-state index in [2.05, 4.69) is 10.6 Å². The van der Waals surface area contributed by atoms with Crippen molar-refractivity contribution in [2.24, 2.45) is 0 Å². The highest BCUT2D eigenvalue weighted by atomic mass is 16.2. The van der Waals surface area contributed by atoms with Crippen LogP contribution in [0.1, 0.15) is 28.8 Å². The van der Waals surface area contributed by atoms with Crippen LogP contribution in [0.2, 0.25) is 0 Å². The molecule has 3 amide bonds. The van der Waals surface area contributed by atoms with Crippen molar-refractivity contribution >= 4 is 23.4 Å². The predicted molar refractivity (Wildman–Crippen MR) is 63.2 cm³/mol. The minimum Gasteiger partial charge on any atom is -0.321 e. The first kappa shape index (κ1) is 10.7. The molecule has 0 unspecified atom stereocenters. The Morgan fingerprint density at radius 2 is 1.56 bits per heavy atom. The van der Waals surface area contributed by atoms with E-state index in [-0.39, 0.29) is 18.2 Å². The number of rotatable bonds is 0. The monoisotopic (exact) mass is 242 g/mol. The van der Waals surface area contributed by atoms with Gasteiger partial charge in [0.05, 0.1) is 5.70 Å². The van der Waals surface area contributed by atoms with Gasteiger partial charge in [0.15, 0.2) is 0 Å². The SMILES string of the molecule is O=C1CCC(=C2NC(=O)c3ccccc32)C(=O)N1. The lowest BCUT2D eigenvalue weighted by Crippen LogP contribution is -2.37. The summed E-state index contributed by atoms with van der Waals surface area (Å²) < 4.78 is 0. The molecule has 90 valence electrons. The van der Waals surface area contributed by atoms with Gasteiger partial charge < -0.3 is 5.32 Å². The molecule has 18 heavy (non-hydrogen) atoms. The number of hydrogen-bond donors (Lipinski definition) is 2. The lowest BCUT2D eigenvalue weighted by Gasteiger charge is -2.16. The zero-order chi connectivity index (χ0) is 12.7. The highest BCUT2D eigenvalue weighted by Crippen LogP contribution is 2.29. The molecule has 2 heterocycles. The Hall–Kier alpha value is -2.43. The van der Waals surface area contributed by atoms with E-state index in [0.29, 0.717) is 23.3 Å². The van der Waals surface area contributed by atoms with Crippen LogP contribution >= 0.6 is 0 Å². The van der Waals surface area contributed by atoms with Crippen LogP contribution in [0.15, 0.2) is 29.8 Å². The fraction of sp³-hybridized carbons (Fsp3) is 0.154. The number of amides is 3. The molecule has 0 bridgehead atoms. The summed E-state index contributed by atoms with van der Waals surface area (Å²) in [4.78, 5) is 34.6. The first-order valence-electron chi connectivity index (χ1n) is 5.65. The van der Waals surface area contributed by atoms with Gasteiger partial charge in [-0.2, -0.15) is 0 Å². The predicted octanol–water partition coefficient (Wildman–Crippen LogP) is 0.578. The van der Waals surface area contributed by atoms with Crippen LogP contribution in [0.3, 0.4) is 0 Å². The normalized spacial score (nSPS) is 22.6. The molecule has 1 saturated heterocycles. The topological polar surface area (TPSA) is 75.3 Å². The molecule has 2 N–H and O–H groups in total. The highest BCUT2D eigenvalue weighted by molar-refractivity contribution is 6.17. The maximum absolute atomic E-state index is 11.8. The van der Waals surface area contributed by atoms with Crippen molar-refractivity contribution in [3.05, 3.63) is 41.0 Å². The van der Waals surface area contributed by atoms with Crippen molar-refractivity contribution in [1.82, 2.24) is 10.6 Å². The number of imide groups is 1. The van der Waals surface area contributed by atoms with Crippen molar-refractivity contribution in [3.63, 3.8) is 0 Å². The summed E-state index contributed by atoms with van der Waals surface area (Å²) in [6.07, 6.45) is 0.622. The second-order valence-corrected chi connectivity index (χ2v) is 4.23. The first-order valence-corrected chi connectivity index (χ1v) is 5.65. The highest BCUT2D eigenvalue weighted by Gasteiger charge is 2.30. The molecule has 1 aromatic carbocycles. The lowest BCUT2D eigenvalue weighted by atomic mass is 9.98. The molecule has 5 heteroatoms. The Morgan fingerprint density at radius 3 is 2.28 bits per heavy atom. The summed E-state index contributed by atoms with van der Waals surface area (Å²) in [7, 11) is 0. The summed E-state index contributed by atoms with van der Waals surface area (Å²) in [5.74, 6) is -0.905. The van der Waals surface area contributed by atoms with Crippen molar-refractivity contribution in [1.29, 1.82) is 0 Å². The fourth-order valence-electron chi connectivity index (χ4n) is 2.24. The number of carbonyl (C=O) groups excluding carboxylic acids is 3. The molecule has 0 aromatic heterocycles. The molecule has 0 spiro atoms. The Bertz CT molecular complexity index is 616. The van der Waals surface area contributed by atoms with E-state index in [4.69, 9.17) is 0 Å².